The molecule has 5 nitrogen and oxygen atoms in total. The Kier molecular flexibility index (Phi) is 4.98. The van der Waals surface area contributed by atoms with Gasteiger partial charge in [-0.3, -0.25) is 4.79 Å². The highest BCUT2D eigenvalue weighted by molar-refractivity contribution is 6.34. The smallest absolute Gasteiger partial charge is 0.280 e. The Hall–Kier alpha value is -3.32. The Balaban J connectivity index is 1.82. The Morgan fingerprint density at radius 2 is 1.86 bits per heavy atom. The first-order chi connectivity index (χ1) is 13.9. The third kappa shape index (κ3) is 3.69. The molecular formula is C21H15ClF2N4O. The predicted molar refractivity (Wildman–Crippen MR) is 108 cm³/mol. The Morgan fingerprint density at radius 3 is 2.55 bits per heavy atom. The monoisotopic (exact) mass is 412 g/mol. The van der Waals surface area contributed by atoms with E-state index in [4.69, 9.17) is 11.6 Å². The number of aromatic nitrogens is 3. The Labute approximate surface area is 170 Å². The lowest BCUT2D eigenvalue weighted by Crippen LogP contribution is -2.13. The number of amides is 1. The standard InChI is InChI=1S/C21H15ClF2N4O/c1-12-6-8-13(9-7-12)17-10-18(19(23)24)28-20(26-17)14(11-25-28)21(29)27-16-5-3-2-4-15(16)22/h2-11,19H,1H3,(H,27,29). The van der Waals surface area contributed by atoms with E-state index in [0.717, 1.165) is 10.1 Å². The molecule has 2 aromatic heterocycles. The van der Waals surface area contributed by atoms with Crippen molar-refractivity contribution in [2.45, 2.75) is 13.3 Å². The van der Waals surface area contributed by atoms with Crippen LogP contribution in [0.3, 0.4) is 0 Å². The second-order valence-electron chi connectivity index (χ2n) is 6.46. The van der Waals surface area contributed by atoms with Gasteiger partial charge in [0, 0.05) is 5.56 Å². The van der Waals surface area contributed by atoms with Gasteiger partial charge in [0.1, 0.15) is 11.3 Å². The van der Waals surface area contributed by atoms with E-state index in [2.05, 4.69) is 15.4 Å². The number of rotatable bonds is 4. The quantitative estimate of drug-likeness (QED) is 0.478. The fraction of sp³-hybridized carbons (Fsp3) is 0.0952. The molecule has 0 radical (unpaired) electrons. The van der Waals surface area contributed by atoms with Gasteiger partial charge < -0.3 is 5.32 Å². The van der Waals surface area contributed by atoms with Gasteiger partial charge >= 0.3 is 0 Å². The molecule has 29 heavy (non-hydrogen) atoms. The van der Waals surface area contributed by atoms with Crippen molar-refractivity contribution in [1.82, 2.24) is 14.6 Å². The van der Waals surface area contributed by atoms with Gasteiger partial charge in [0.2, 0.25) is 0 Å². The van der Waals surface area contributed by atoms with Gasteiger partial charge in [0.05, 0.1) is 22.6 Å². The zero-order chi connectivity index (χ0) is 20.5. The van der Waals surface area contributed by atoms with E-state index in [0.29, 0.717) is 22.0 Å². The van der Waals surface area contributed by atoms with Crippen molar-refractivity contribution in [3.05, 3.63) is 82.6 Å². The molecule has 1 N–H and O–H groups in total. The fourth-order valence-corrected chi connectivity index (χ4v) is 3.11. The van der Waals surface area contributed by atoms with E-state index >= 15 is 0 Å². The topological polar surface area (TPSA) is 59.3 Å². The number of para-hydroxylation sites is 1. The summed E-state index contributed by atoms with van der Waals surface area (Å²) in [7, 11) is 0. The van der Waals surface area contributed by atoms with E-state index < -0.39 is 12.3 Å². The van der Waals surface area contributed by atoms with Crippen molar-refractivity contribution in [2.24, 2.45) is 0 Å². The van der Waals surface area contributed by atoms with E-state index in [1.165, 1.54) is 12.3 Å². The normalized spacial score (nSPS) is 11.2. The summed E-state index contributed by atoms with van der Waals surface area (Å²) in [6.07, 6.45) is -1.57. The summed E-state index contributed by atoms with van der Waals surface area (Å²) in [5, 5.41) is 6.98. The molecule has 2 heterocycles. The van der Waals surface area contributed by atoms with E-state index in [1.54, 1.807) is 36.4 Å². The van der Waals surface area contributed by atoms with Crippen LogP contribution in [0.4, 0.5) is 14.5 Å². The lowest BCUT2D eigenvalue weighted by atomic mass is 10.1. The molecular weight excluding hydrogens is 398 g/mol. The molecule has 0 aliphatic heterocycles. The number of benzene rings is 2. The van der Waals surface area contributed by atoms with Crippen LogP contribution in [-0.4, -0.2) is 20.5 Å². The van der Waals surface area contributed by atoms with Gasteiger partial charge in [-0.1, -0.05) is 53.6 Å². The Bertz CT molecular complexity index is 1210. The van der Waals surface area contributed by atoms with Crippen molar-refractivity contribution in [1.29, 1.82) is 0 Å². The van der Waals surface area contributed by atoms with Crippen LogP contribution in [0.2, 0.25) is 5.02 Å². The summed E-state index contributed by atoms with van der Waals surface area (Å²) in [5.74, 6) is -0.540. The van der Waals surface area contributed by atoms with Crippen LogP contribution in [0.5, 0.6) is 0 Å². The van der Waals surface area contributed by atoms with Crippen molar-refractivity contribution in [2.75, 3.05) is 5.32 Å². The van der Waals surface area contributed by atoms with E-state index in [-0.39, 0.29) is 16.9 Å². The van der Waals surface area contributed by atoms with Crippen molar-refractivity contribution in [3.8, 4) is 11.3 Å². The van der Waals surface area contributed by atoms with Gasteiger partial charge in [-0.25, -0.2) is 18.3 Å². The average molecular weight is 413 g/mol. The molecule has 0 saturated heterocycles. The highest BCUT2D eigenvalue weighted by atomic mass is 35.5. The van der Waals surface area contributed by atoms with Gasteiger partial charge in [-0.05, 0) is 25.1 Å². The molecule has 0 aliphatic carbocycles. The molecule has 0 aliphatic rings. The lowest BCUT2D eigenvalue weighted by Gasteiger charge is -2.09. The zero-order valence-corrected chi connectivity index (χ0v) is 16.0. The second-order valence-corrected chi connectivity index (χ2v) is 6.87. The summed E-state index contributed by atoms with van der Waals surface area (Å²) < 4.78 is 28.3. The van der Waals surface area contributed by atoms with E-state index in [1.807, 2.05) is 19.1 Å². The average Bonchev–Trinajstić information content (AvgIpc) is 3.13. The summed E-state index contributed by atoms with van der Waals surface area (Å²) in [6.45, 7) is 1.93. The molecule has 0 atom stereocenters. The van der Waals surface area contributed by atoms with Gasteiger partial charge in [-0.2, -0.15) is 5.10 Å². The maximum absolute atomic E-state index is 13.7. The van der Waals surface area contributed by atoms with E-state index in [9.17, 15) is 13.6 Å². The number of alkyl halides is 2. The summed E-state index contributed by atoms with van der Waals surface area (Å²) in [4.78, 5) is 17.2. The number of halogens is 3. The van der Waals surface area contributed by atoms with Crippen LogP contribution < -0.4 is 5.32 Å². The van der Waals surface area contributed by atoms with Crippen LogP contribution in [0, 0.1) is 6.92 Å². The zero-order valence-electron chi connectivity index (χ0n) is 15.2. The van der Waals surface area contributed by atoms with Crippen LogP contribution in [0.25, 0.3) is 16.9 Å². The third-order valence-corrected chi connectivity index (χ3v) is 4.77. The van der Waals surface area contributed by atoms with Crippen molar-refractivity contribution < 1.29 is 13.6 Å². The minimum atomic E-state index is -2.79. The molecule has 8 heteroatoms. The molecule has 2 aromatic carbocycles. The number of nitrogens with zero attached hydrogens (tertiary/aromatic N) is 3. The minimum Gasteiger partial charge on any atom is -0.320 e. The van der Waals surface area contributed by atoms with Crippen molar-refractivity contribution >= 4 is 28.8 Å². The third-order valence-electron chi connectivity index (χ3n) is 4.44. The fourth-order valence-electron chi connectivity index (χ4n) is 2.93. The highest BCUT2D eigenvalue weighted by Crippen LogP contribution is 2.28. The molecule has 0 fully saturated rings. The predicted octanol–water partition coefficient (Wildman–Crippen LogP) is 5.55. The maximum atomic E-state index is 13.7. The molecule has 4 aromatic rings. The Morgan fingerprint density at radius 1 is 1.14 bits per heavy atom. The molecule has 146 valence electrons. The highest BCUT2D eigenvalue weighted by Gasteiger charge is 2.22. The number of hydrogen-bond acceptors (Lipinski definition) is 3. The maximum Gasteiger partial charge on any atom is 0.280 e. The summed E-state index contributed by atoms with van der Waals surface area (Å²) >= 11 is 6.08. The van der Waals surface area contributed by atoms with Gasteiger partial charge in [0.25, 0.3) is 12.3 Å². The van der Waals surface area contributed by atoms with Crippen molar-refractivity contribution in [3.63, 3.8) is 0 Å². The summed E-state index contributed by atoms with van der Waals surface area (Å²) in [6, 6.07) is 15.3. The number of aryl methyl sites for hydroxylation is 1. The SMILES string of the molecule is Cc1ccc(-c2cc(C(F)F)n3ncc(C(=O)Nc4ccccc4Cl)c3n2)cc1. The molecule has 0 bridgehead atoms. The summed E-state index contributed by atoms with van der Waals surface area (Å²) in [5.41, 5.74) is 2.21. The first-order valence-corrected chi connectivity index (χ1v) is 9.11. The van der Waals surface area contributed by atoms with Crippen LogP contribution >= 0.6 is 11.6 Å². The number of anilines is 1. The van der Waals surface area contributed by atoms with Gasteiger partial charge in [0.15, 0.2) is 5.65 Å². The number of carbonyl (C=O) groups is 1. The lowest BCUT2D eigenvalue weighted by molar-refractivity contribution is 0.102. The van der Waals surface area contributed by atoms with Crippen LogP contribution in [0.1, 0.15) is 28.0 Å². The molecule has 0 spiro atoms. The minimum absolute atomic E-state index is 0.0444. The molecule has 0 unspecified atom stereocenters. The molecule has 0 saturated carbocycles. The second kappa shape index (κ2) is 7.60. The van der Waals surface area contributed by atoms with Gasteiger partial charge in [-0.15, -0.1) is 0 Å². The number of fused-ring (bicyclic) bond motifs is 1. The first-order valence-electron chi connectivity index (χ1n) is 8.74. The number of nitrogens with one attached hydrogen (secondary N) is 1. The molecule has 4 rings (SSSR count). The van der Waals surface area contributed by atoms with Crippen LogP contribution in [0.15, 0.2) is 60.8 Å². The number of hydrogen-bond donors (Lipinski definition) is 1. The first kappa shape index (κ1) is 19.0. The molecule has 1 amide bonds. The largest absolute Gasteiger partial charge is 0.320 e. The van der Waals surface area contributed by atoms with Crippen LogP contribution in [-0.2, 0) is 0 Å². The number of carbonyl (C=O) groups excluding carboxylic acids is 1.